The second-order valence-corrected chi connectivity index (χ2v) is 6.88. The molecule has 6 heteroatoms. The summed E-state index contributed by atoms with van der Waals surface area (Å²) in [6.07, 6.45) is 5.61. The Morgan fingerprint density at radius 1 is 1.28 bits per heavy atom. The Bertz CT molecular complexity index is 682. The molecule has 0 radical (unpaired) electrons. The van der Waals surface area contributed by atoms with Gasteiger partial charge < -0.3 is 15.3 Å². The average molecular weight is 341 g/mol. The molecule has 3 atom stereocenters. The van der Waals surface area contributed by atoms with Gasteiger partial charge in [0.25, 0.3) is 0 Å². The summed E-state index contributed by atoms with van der Waals surface area (Å²) in [6, 6.07) is 10.3. The summed E-state index contributed by atoms with van der Waals surface area (Å²) in [5, 5.41) is 21.0. The molecular formula is C19H27N5O. The van der Waals surface area contributed by atoms with E-state index in [1.807, 2.05) is 37.2 Å². The molecule has 1 saturated carbocycles. The van der Waals surface area contributed by atoms with Gasteiger partial charge in [-0.05, 0) is 24.3 Å². The molecule has 1 heterocycles. The number of nitrogens with zero attached hydrogens (tertiary/aromatic N) is 3. The molecule has 0 aliphatic heterocycles. The van der Waals surface area contributed by atoms with E-state index in [4.69, 9.17) is 0 Å². The van der Waals surface area contributed by atoms with Crippen LogP contribution in [0.1, 0.15) is 30.1 Å². The monoisotopic (exact) mass is 341 g/mol. The molecule has 0 bridgehead atoms. The largest absolute Gasteiger partial charge is 0.393 e. The molecular weight excluding hydrogens is 314 g/mol. The second kappa shape index (κ2) is 8.27. The van der Waals surface area contributed by atoms with E-state index in [9.17, 15) is 5.11 Å². The number of hydrogen-bond donors (Lipinski definition) is 3. The smallest absolute Gasteiger partial charge is 0.244 e. The van der Waals surface area contributed by atoms with E-state index in [1.54, 1.807) is 0 Å². The lowest BCUT2D eigenvalue weighted by Gasteiger charge is -2.14. The Hall–Kier alpha value is -2.18. The van der Waals surface area contributed by atoms with Crippen molar-refractivity contribution in [3.05, 3.63) is 47.8 Å². The fraction of sp³-hybridized carbons (Fsp3) is 0.474. The van der Waals surface area contributed by atoms with Gasteiger partial charge in [0.2, 0.25) is 5.95 Å². The van der Waals surface area contributed by atoms with Crippen LogP contribution in [0.4, 0.5) is 5.95 Å². The maximum Gasteiger partial charge on any atom is 0.244 e. The number of aromatic nitrogens is 3. The molecule has 6 nitrogen and oxygen atoms in total. The predicted octanol–water partition coefficient (Wildman–Crippen LogP) is 2.03. The van der Waals surface area contributed by atoms with E-state index in [-0.39, 0.29) is 17.9 Å². The van der Waals surface area contributed by atoms with Crippen molar-refractivity contribution in [1.29, 1.82) is 0 Å². The minimum atomic E-state index is -0.288. The van der Waals surface area contributed by atoms with Crippen LogP contribution in [0.2, 0.25) is 0 Å². The van der Waals surface area contributed by atoms with Crippen LogP contribution in [0.25, 0.3) is 6.08 Å². The van der Waals surface area contributed by atoms with Crippen molar-refractivity contribution in [3.63, 3.8) is 0 Å². The van der Waals surface area contributed by atoms with Crippen LogP contribution in [0.3, 0.4) is 0 Å². The first-order chi connectivity index (χ1) is 12.1. The molecule has 0 saturated heterocycles. The molecule has 134 valence electrons. The fourth-order valence-electron chi connectivity index (χ4n) is 3.30. The molecule has 0 spiro atoms. The minimum Gasteiger partial charge on any atom is -0.393 e. The molecule has 0 amide bonds. The summed E-state index contributed by atoms with van der Waals surface area (Å²) in [7, 11) is 3.85. The first kappa shape index (κ1) is 17.6. The lowest BCUT2D eigenvalue weighted by atomic mass is 10.0. The van der Waals surface area contributed by atoms with Crippen molar-refractivity contribution >= 4 is 12.0 Å². The summed E-state index contributed by atoms with van der Waals surface area (Å²) in [6.45, 7) is 1.61. The third-order valence-corrected chi connectivity index (χ3v) is 4.71. The van der Waals surface area contributed by atoms with E-state index in [0.29, 0.717) is 5.95 Å². The van der Waals surface area contributed by atoms with Gasteiger partial charge in [0.05, 0.1) is 6.10 Å². The minimum absolute atomic E-state index is 0.253. The molecule has 1 aliphatic rings. The third-order valence-electron chi connectivity index (χ3n) is 4.71. The zero-order chi connectivity index (χ0) is 17.6. The van der Waals surface area contributed by atoms with Crippen LogP contribution >= 0.6 is 0 Å². The molecule has 2 aromatic rings. The van der Waals surface area contributed by atoms with Crippen molar-refractivity contribution in [3.8, 4) is 0 Å². The molecule has 1 aromatic heterocycles. The highest BCUT2D eigenvalue weighted by molar-refractivity contribution is 5.48. The van der Waals surface area contributed by atoms with Crippen LogP contribution in [-0.2, 0) is 0 Å². The molecule has 1 aliphatic carbocycles. The van der Waals surface area contributed by atoms with Crippen LogP contribution in [-0.4, -0.2) is 53.6 Å². The number of anilines is 1. The van der Waals surface area contributed by atoms with E-state index >= 15 is 0 Å². The number of aliphatic hydroxyl groups is 1. The van der Waals surface area contributed by atoms with Gasteiger partial charge in [-0.2, -0.15) is 4.98 Å². The average Bonchev–Trinajstić information content (AvgIpc) is 3.23. The van der Waals surface area contributed by atoms with E-state index in [1.165, 1.54) is 5.56 Å². The van der Waals surface area contributed by atoms with Gasteiger partial charge in [-0.15, -0.1) is 5.10 Å². The number of H-pyrrole nitrogens is 1. The van der Waals surface area contributed by atoms with Gasteiger partial charge in [-0.1, -0.05) is 42.5 Å². The van der Waals surface area contributed by atoms with Crippen LogP contribution < -0.4 is 10.2 Å². The predicted molar refractivity (Wildman–Crippen MR) is 101 cm³/mol. The van der Waals surface area contributed by atoms with E-state index in [2.05, 4.69) is 44.8 Å². The molecule has 1 aromatic carbocycles. The van der Waals surface area contributed by atoms with Gasteiger partial charge in [-0.25, -0.2) is 0 Å². The number of aliphatic hydroxyl groups excluding tert-OH is 1. The standard InChI is InChI=1S/C19H27N5O/c1-24(2)19-21-18(22-23-19)15-11-16(17(25)12-15)13-20-10-6-9-14-7-4-3-5-8-14/h3-9,15-17,20,25H,10-13H2,1-2H3,(H,21,22,23)/b9-6+/t15-,16+,17+/m0/s1. The first-order valence-electron chi connectivity index (χ1n) is 8.83. The second-order valence-electron chi connectivity index (χ2n) is 6.88. The Morgan fingerprint density at radius 2 is 2.08 bits per heavy atom. The van der Waals surface area contributed by atoms with Crippen molar-refractivity contribution < 1.29 is 5.11 Å². The molecule has 0 unspecified atom stereocenters. The van der Waals surface area contributed by atoms with Gasteiger partial charge in [0.1, 0.15) is 5.82 Å². The lowest BCUT2D eigenvalue weighted by Crippen LogP contribution is -2.27. The normalized spacial score (nSPS) is 23.4. The van der Waals surface area contributed by atoms with Crippen molar-refractivity contribution in [2.45, 2.75) is 24.9 Å². The van der Waals surface area contributed by atoms with Crippen LogP contribution in [0.15, 0.2) is 36.4 Å². The summed E-state index contributed by atoms with van der Waals surface area (Å²) < 4.78 is 0. The number of benzene rings is 1. The Kier molecular flexibility index (Phi) is 5.83. The number of hydrogen-bond acceptors (Lipinski definition) is 5. The topological polar surface area (TPSA) is 77.1 Å². The first-order valence-corrected chi connectivity index (χ1v) is 8.83. The van der Waals surface area contributed by atoms with Crippen molar-refractivity contribution in [1.82, 2.24) is 20.5 Å². The Morgan fingerprint density at radius 3 is 2.80 bits per heavy atom. The Labute approximate surface area is 149 Å². The zero-order valence-corrected chi connectivity index (χ0v) is 14.9. The summed E-state index contributed by atoms with van der Waals surface area (Å²) in [5.74, 6) is 2.08. The molecule has 3 N–H and O–H groups in total. The zero-order valence-electron chi connectivity index (χ0n) is 14.9. The number of rotatable bonds is 7. The maximum atomic E-state index is 10.3. The van der Waals surface area contributed by atoms with Gasteiger partial charge >= 0.3 is 0 Å². The molecule has 3 rings (SSSR count). The molecule has 1 fully saturated rings. The van der Waals surface area contributed by atoms with Crippen LogP contribution in [0, 0.1) is 5.92 Å². The maximum absolute atomic E-state index is 10.3. The highest BCUT2D eigenvalue weighted by atomic mass is 16.3. The third kappa shape index (κ3) is 4.67. The van der Waals surface area contributed by atoms with Gasteiger partial charge in [0, 0.05) is 33.1 Å². The quantitative estimate of drug-likeness (QED) is 0.672. The van der Waals surface area contributed by atoms with Crippen molar-refractivity contribution in [2.24, 2.45) is 5.92 Å². The fourth-order valence-corrected chi connectivity index (χ4v) is 3.30. The number of nitrogens with one attached hydrogen (secondary N) is 2. The summed E-state index contributed by atoms with van der Waals surface area (Å²) in [4.78, 5) is 6.40. The summed E-state index contributed by atoms with van der Waals surface area (Å²) >= 11 is 0. The SMILES string of the molecule is CN(C)c1n[nH]c([C@H]2C[C@H](CNC/C=C/c3ccccc3)[C@H](O)C2)n1. The highest BCUT2D eigenvalue weighted by Crippen LogP contribution is 2.37. The number of aromatic amines is 1. The molecule has 25 heavy (non-hydrogen) atoms. The van der Waals surface area contributed by atoms with E-state index in [0.717, 1.165) is 31.8 Å². The lowest BCUT2D eigenvalue weighted by molar-refractivity contribution is 0.131. The summed E-state index contributed by atoms with van der Waals surface area (Å²) in [5.41, 5.74) is 1.20. The highest BCUT2D eigenvalue weighted by Gasteiger charge is 2.35. The van der Waals surface area contributed by atoms with Gasteiger partial charge in [-0.3, -0.25) is 5.10 Å². The Balaban J connectivity index is 1.45. The van der Waals surface area contributed by atoms with E-state index < -0.39 is 0 Å². The van der Waals surface area contributed by atoms with Crippen molar-refractivity contribution in [2.75, 3.05) is 32.1 Å². The van der Waals surface area contributed by atoms with Gasteiger partial charge in [0.15, 0.2) is 0 Å². The van der Waals surface area contributed by atoms with Crippen LogP contribution in [0.5, 0.6) is 0 Å².